The largest absolute Gasteiger partial charge is 0.397 e. The average molecular weight is 341 g/mol. The maximum Gasteiger partial charge on any atom is 0.0767 e. The second-order valence-corrected chi connectivity index (χ2v) is 7.09. The minimum atomic E-state index is 0.615. The van der Waals surface area contributed by atoms with Crippen LogP contribution in [-0.2, 0) is 0 Å². The highest BCUT2D eigenvalue weighted by molar-refractivity contribution is 6.10. The number of hydrogen-bond donors (Lipinski definition) is 2. The molecule has 1 heterocycles. The van der Waals surface area contributed by atoms with Crippen molar-refractivity contribution in [2.24, 2.45) is 0 Å². The van der Waals surface area contributed by atoms with Gasteiger partial charge in [-0.25, -0.2) is 4.98 Å². The topological polar surface area (TPSA) is 64.9 Å². The van der Waals surface area contributed by atoms with Gasteiger partial charge in [-0.1, -0.05) is 30.3 Å². The van der Waals surface area contributed by atoms with Crippen LogP contribution in [0.25, 0.3) is 32.9 Å². The van der Waals surface area contributed by atoms with Crippen molar-refractivity contribution in [1.82, 2.24) is 4.98 Å². The Kier molecular flexibility index (Phi) is 3.62. The summed E-state index contributed by atoms with van der Waals surface area (Å²) in [4.78, 5) is 5.03. The molecule has 0 amide bonds. The van der Waals surface area contributed by atoms with Crippen molar-refractivity contribution >= 4 is 33.2 Å². The van der Waals surface area contributed by atoms with Crippen molar-refractivity contribution in [2.45, 2.75) is 27.7 Å². The molecule has 130 valence electrons. The number of anilines is 2. The Morgan fingerprint density at radius 1 is 0.731 bits per heavy atom. The van der Waals surface area contributed by atoms with Gasteiger partial charge in [-0.05, 0) is 62.1 Å². The SMILES string of the molecule is Cc1cc2cc3c(-c4ccccc4)c(N)c(N)c(C)c3nc2c(C)c1C. The number of nitrogens with zero attached hydrogens (tertiary/aromatic N) is 1. The van der Waals surface area contributed by atoms with Crippen molar-refractivity contribution in [2.75, 3.05) is 11.5 Å². The van der Waals surface area contributed by atoms with E-state index >= 15 is 0 Å². The maximum atomic E-state index is 6.46. The molecular formula is C23H23N3. The molecule has 0 atom stereocenters. The molecule has 1 aromatic heterocycles. The molecule has 0 saturated carbocycles. The van der Waals surface area contributed by atoms with E-state index in [0.29, 0.717) is 11.4 Å². The molecular weight excluding hydrogens is 318 g/mol. The first-order chi connectivity index (χ1) is 12.4. The number of aryl methyl sites for hydroxylation is 3. The van der Waals surface area contributed by atoms with E-state index in [4.69, 9.17) is 16.5 Å². The third kappa shape index (κ3) is 2.24. The van der Waals surface area contributed by atoms with Crippen LogP contribution in [0.5, 0.6) is 0 Å². The van der Waals surface area contributed by atoms with Crippen LogP contribution >= 0.6 is 0 Å². The summed E-state index contributed by atoms with van der Waals surface area (Å²) in [6, 6.07) is 14.6. The van der Waals surface area contributed by atoms with Crippen molar-refractivity contribution in [3.05, 3.63) is 64.7 Å². The Balaban J connectivity index is 2.23. The fourth-order valence-corrected chi connectivity index (χ4v) is 3.76. The molecule has 0 spiro atoms. The molecule has 3 nitrogen and oxygen atoms in total. The molecule has 0 unspecified atom stereocenters. The normalized spacial score (nSPS) is 11.4. The zero-order valence-corrected chi connectivity index (χ0v) is 15.6. The predicted octanol–water partition coefficient (Wildman–Crippen LogP) is 5.45. The standard InChI is InChI=1S/C23H23N3/c1-12-10-17-11-18-19(16-8-6-5-7-9-16)21(25)20(24)15(4)23(18)26-22(17)14(3)13(12)2/h5-11H,24-25H2,1-4H3. The first-order valence-corrected chi connectivity index (χ1v) is 8.84. The van der Waals surface area contributed by atoms with Crippen LogP contribution in [-0.4, -0.2) is 4.98 Å². The average Bonchev–Trinajstić information content (AvgIpc) is 2.65. The molecule has 4 N–H and O–H groups in total. The quantitative estimate of drug-likeness (QED) is 0.357. The van der Waals surface area contributed by atoms with Crippen LogP contribution in [0.15, 0.2) is 42.5 Å². The summed E-state index contributed by atoms with van der Waals surface area (Å²) in [6.45, 7) is 8.43. The molecule has 3 aromatic carbocycles. The van der Waals surface area contributed by atoms with E-state index in [1.165, 1.54) is 16.7 Å². The van der Waals surface area contributed by atoms with E-state index < -0.39 is 0 Å². The first kappa shape index (κ1) is 16.4. The number of fused-ring (bicyclic) bond motifs is 2. The van der Waals surface area contributed by atoms with E-state index in [-0.39, 0.29) is 0 Å². The molecule has 0 saturated heterocycles. The minimum Gasteiger partial charge on any atom is -0.397 e. The van der Waals surface area contributed by atoms with Crippen LogP contribution in [0.2, 0.25) is 0 Å². The molecule has 0 aliphatic heterocycles. The van der Waals surface area contributed by atoms with E-state index in [0.717, 1.165) is 38.5 Å². The zero-order valence-electron chi connectivity index (χ0n) is 15.6. The number of hydrogen-bond acceptors (Lipinski definition) is 3. The lowest BCUT2D eigenvalue weighted by molar-refractivity contribution is 1.27. The van der Waals surface area contributed by atoms with E-state index in [2.05, 4.69) is 45.0 Å². The monoisotopic (exact) mass is 341 g/mol. The van der Waals surface area contributed by atoms with Gasteiger partial charge in [0.25, 0.3) is 0 Å². The van der Waals surface area contributed by atoms with Crippen LogP contribution in [0, 0.1) is 27.7 Å². The molecule has 0 radical (unpaired) electrons. The van der Waals surface area contributed by atoms with Crippen molar-refractivity contribution in [1.29, 1.82) is 0 Å². The van der Waals surface area contributed by atoms with Crippen LogP contribution in [0.3, 0.4) is 0 Å². The molecule has 0 aliphatic carbocycles. The lowest BCUT2D eigenvalue weighted by Crippen LogP contribution is -2.03. The number of nitrogens with two attached hydrogens (primary N) is 2. The Labute approximate surface area is 153 Å². The van der Waals surface area contributed by atoms with Gasteiger partial charge in [-0.15, -0.1) is 0 Å². The second-order valence-electron chi connectivity index (χ2n) is 7.09. The summed E-state index contributed by atoms with van der Waals surface area (Å²) in [5.74, 6) is 0. The van der Waals surface area contributed by atoms with Crippen molar-refractivity contribution in [3.63, 3.8) is 0 Å². The Hall–Kier alpha value is -3.07. The first-order valence-electron chi connectivity index (χ1n) is 8.84. The van der Waals surface area contributed by atoms with Crippen LogP contribution in [0.4, 0.5) is 11.4 Å². The Bertz CT molecular complexity index is 1180. The van der Waals surface area contributed by atoms with E-state index in [9.17, 15) is 0 Å². The highest BCUT2D eigenvalue weighted by Crippen LogP contribution is 2.41. The molecule has 4 aromatic rings. The van der Waals surface area contributed by atoms with Crippen molar-refractivity contribution in [3.8, 4) is 11.1 Å². The van der Waals surface area contributed by atoms with Gasteiger partial charge in [0.15, 0.2) is 0 Å². The number of rotatable bonds is 1. The molecule has 0 bridgehead atoms. The third-order valence-electron chi connectivity index (χ3n) is 5.58. The van der Waals surface area contributed by atoms with Gasteiger partial charge < -0.3 is 11.5 Å². The fraction of sp³-hybridized carbons (Fsp3) is 0.174. The van der Waals surface area contributed by atoms with E-state index in [1.54, 1.807) is 0 Å². The summed E-state index contributed by atoms with van der Waals surface area (Å²) in [5.41, 5.74) is 22.8. The van der Waals surface area contributed by atoms with Gasteiger partial charge in [-0.3, -0.25) is 0 Å². The zero-order chi connectivity index (χ0) is 18.6. The van der Waals surface area contributed by atoms with Gasteiger partial charge in [0.2, 0.25) is 0 Å². The Morgan fingerprint density at radius 2 is 1.42 bits per heavy atom. The summed E-state index contributed by atoms with van der Waals surface area (Å²) in [7, 11) is 0. The Morgan fingerprint density at radius 3 is 2.12 bits per heavy atom. The third-order valence-corrected chi connectivity index (χ3v) is 5.58. The fourth-order valence-electron chi connectivity index (χ4n) is 3.76. The summed E-state index contributed by atoms with van der Waals surface area (Å²) < 4.78 is 0. The van der Waals surface area contributed by atoms with Crippen molar-refractivity contribution < 1.29 is 0 Å². The van der Waals surface area contributed by atoms with Crippen LogP contribution in [0.1, 0.15) is 22.3 Å². The minimum absolute atomic E-state index is 0.615. The van der Waals surface area contributed by atoms with Crippen LogP contribution < -0.4 is 11.5 Å². The molecule has 4 rings (SSSR count). The van der Waals surface area contributed by atoms with Gasteiger partial charge in [-0.2, -0.15) is 0 Å². The van der Waals surface area contributed by atoms with E-state index in [1.807, 2.05) is 25.1 Å². The highest BCUT2D eigenvalue weighted by Gasteiger charge is 2.17. The predicted molar refractivity (Wildman–Crippen MR) is 112 cm³/mol. The smallest absolute Gasteiger partial charge is 0.0767 e. The van der Waals surface area contributed by atoms with Gasteiger partial charge in [0.05, 0.1) is 22.4 Å². The lowest BCUT2D eigenvalue weighted by atomic mass is 9.92. The van der Waals surface area contributed by atoms with Gasteiger partial charge in [0, 0.05) is 21.9 Å². The molecule has 26 heavy (non-hydrogen) atoms. The molecule has 0 aliphatic rings. The number of pyridine rings is 1. The number of nitrogen functional groups attached to an aromatic ring is 2. The second kappa shape index (κ2) is 5.73. The maximum absolute atomic E-state index is 6.46. The molecule has 0 fully saturated rings. The van der Waals surface area contributed by atoms with Gasteiger partial charge in [0.1, 0.15) is 0 Å². The highest BCUT2D eigenvalue weighted by atomic mass is 14.7. The molecule has 3 heteroatoms. The summed E-state index contributed by atoms with van der Waals surface area (Å²) >= 11 is 0. The summed E-state index contributed by atoms with van der Waals surface area (Å²) in [5, 5.41) is 2.19. The summed E-state index contributed by atoms with van der Waals surface area (Å²) in [6.07, 6.45) is 0. The lowest BCUT2D eigenvalue weighted by Gasteiger charge is -2.18. The van der Waals surface area contributed by atoms with Gasteiger partial charge >= 0.3 is 0 Å². The number of aromatic nitrogens is 1. The number of benzene rings is 3.